The van der Waals surface area contributed by atoms with Gasteiger partial charge in [0.15, 0.2) is 0 Å². The van der Waals surface area contributed by atoms with E-state index in [2.05, 4.69) is 10.6 Å². The lowest BCUT2D eigenvalue weighted by Crippen LogP contribution is -2.44. The van der Waals surface area contributed by atoms with E-state index in [9.17, 15) is 14.4 Å². The number of methoxy groups -OCH3 is 1. The Labute approximate surface area is 147 Å². The van der Waals surface area contributed by atoms with Crippen LogP contribution in [0.2, 0.25) is 0 Å². The Balaban J connectivity index is 1.94. The van der Waals surface area contributed by atoms with Gasteiger partial charge in [-0.3, -0.25) is 19.4 Å². The highest BCUT2D eigenvalue weighted by molar-refractivity contribution is 5.97. The van der Waals surface area contributed by atoms with Crippen LogP contribution < -0.4 is 15.4 Å². The van der Waals surface area contributed by atoms with E-state index in [0.717, 1.165) is 6.42 Å². The number of carbonyl (C=O) groups excluding carboxylic acids is 3. The van der Waals surface area contributed by atoms with Crippen molar-refractivity contribution in [3.63, 3.8) is 0 Å². The van der Waals surface area contributed by atoms with Crippen LogP contribution in [0.1, 0.15) is 13.3 Å². The lowest BCUT2D eigenvalue weighted by molar-refractivity contribution is -0.129. The zero-order valence-corrected chi connectivity index (χ0v) is 14.6. The molecular weight excluding hydrogens is 324 g/mol. The summed E-state index contributed by atoms with van der Waals surface area (Å²) in [6, 6.07) is 6.75. The Kier molecular flexibility index (Phi) is 6.76. The van der Waals surface area contributed by atoms with Crippen molar-refractivity contribution in [3.05, 3.63) is 24.3 Å². The zero-order valence-electron chi connectivity index (χ0n) is 14.6. The third kappa shape index (κ3) is 5.18. The fraction of sp³-hybridized carbons (Fsp3) is 0.471. The quantitative estimate of drug-likeness (QED) is 0.728. The van der Waals surface area contributed by atoms with Gasteiger partial charge in [0.05, 0.1) is 25.9 Å². The molecule has 0 aliphatic carbocycles. The number of rotatable bonds is 8. The van der Waals surface area contributed by atoms with Crippen LogP contribution in [0.4, 0.5) is 10.5 Å². The predicted octanol–water partition coefficient (Wildman–Crippen LogP) is 0.897. The van der Waals surface area contributed by atoms with E-state index < -0.39 is 0 Å². The number of urea groups is 1. The highest BCUT2D eigenvalue weighted by atomic mass is 16.5. The van der Waals surface area contributed by atoms with Gasteiger partial charge in [0.1, 0.15) is 5.75 Å². The van der Waals surface area contributed by atoms with Gasteiger partial charge in [-0.2, -0.15) is 0 Å². The van der Waals surface area contributed by atoms with Crippen LogP contribution in [0, 0.1) is 0 Å². The first-order valence-electron chi connectivity index (χ1n) is 8.28. The van der Waals surface area contributed by atoms with Crippen molar-refractivity contribution in [2.75, 3.05) is 45.2 Å². The molecular formula is C17H24N4O4. The van der Waals surface area contributed by atoms with E-state index in [1.807, 2.05) is 13.0 Å². The summed E-state index contributed by atoms with van der Waals surface area (Å²) < 4.78 is 5.21. The number of anilines is 1. The van der Waals surface area contributed by atoms with Crippen molar-refractivity contribution < 1.29 is 19.1 Å². The zero-order chi connectivity index (χ0) is 18.2. The van der Waals surface area contributed by atoms with Gasteiger partial charge < -0.3 is 15.4 Å². The molecule has 0 spiro atoms. The van der Waals surface area contributed by atoms with E-state index in [1.165, 1.54) is 12.0 Å². The molecule has 0 bridgehead atoms. The summed E-state index contributed by atoms with van der Waals surface area (Å²) in [6.07, 6.45) is 0.793. The minimum Gasteiger partial charge on any atom is -0.495 e. The molecule has 1 saturated heterocycles. The summed E-state index contributed by atoms with van der Waals surface area (Å²) in [6.45, 7) is 3.48. The number of nitrogens with one attached hydrogen (secondary N) is 2. The third-order valence-corrected chi connectivity index (χ3v) is 3.80. The lowest BCUT2D eigenvalue weighted by atomic mass is 10.3. The average molecular weight is 348 g/mol. The van der Waals surface area contributed by atoms with E-state index >= 15 is 0 Å². The monoisotopic (exact) mass is 348 g/mol. The van der Waals surface area contributed by atoms with Gasteiger partial charge in [0.25, 0.3) is 0 Å². The Bertz CT molecular complexity index is 635. The molecule has 1 aromatic rings. The van der Waals surface area contributed by atoms with Crippen LogP contribution in [-0.4, -0.2) is 67.5 Å². The fourth-order valence-electron chi connectivity index (χ4n) is 2.66. The van der Waals surface area contributed by atoms with Crippen LogP contribution in [0.5, 0.6) is 5.75 Å². The van der Waals surface area contributed by atoms with E-state index in [-0.39, 0.29) is 30.9 Å². The number of hydrogen-bond donors (Lipinski definition) is 2. The standard InChI is InChI=1S/C17H24N4O4/c1-3-9-20(12-16(23)21-10-8-18-17(21)24)11-15(22)19-13-6-4-5-7-14(13)25-2/h4-7H,3,8-12H2,1-2H3,(H,18,24)(H,19,22). The van der Waals surface area contributed by atoms with Crippen molar-refractivity contribution in [2.24, 2.45) is 0 Å². The van der Waals surface area contributed by atoms with Crippen molar-refractivity contribution in [3.8, 4) is 5.75 Å². The summed E-state index contributed by atoms with van der Waals surface area (Å²) in [5, 5.41) is 5.39. The van der Waals surface area contributed by atoms with Crippen LogP contribution >= 0.6 is 0 Å². The molecule has 0 unspecified atom stereocenters. The molecule has 1 aliphatic heterocycles. The van der Waals surface area contributed by atoms with Gasteiger partial charge in [-0.05, 0) is 25.1 Å². The number of ether oxygens (including phenoxy) is 1. The van der Waals surface area contributed by atoms with Gasteiger partial charge in [-0.1, -0.05) is 19.1 Å². The second kappa shape index (κ2) is 9.03. The van der Waals surface area contributed by atoms with Crippen LogP contribution in [0.3, 0.4) is 0 Å². The number of para-hydroxylation sites is 2. The van der Waals surface area contributed by atoms with Gasteiger partial charge >= 0.3 is 6.03 Å². The van der Waals surface area contributed by atoms with E-state index in [1.54, 1.807) is 23.1 Å². The SMILES string of the molecule is CCCN(CC(=O)Nc1ccccc1OC)CC(=O)N1CCNC1=O. The normalized spacial score (nSPS) is 13.7. The summed E-state index contributed by atoms with van der Waals surface area (Å²) in [5.41, 5.74) is 0.580. The molecule has 1 heterocycles. The molecule has 0 saturated carbocycles. The highest BCUT2D eigenvalue weighted by Gasteiger charge is 2.27. The fourth-order valence-corrected chi connectivity index (χ4v) is 2.66. The molecule has 25 heavy (non-hydrogen) atoms. The average Bonchev–Trinajstić information content (AvgIpc) is 3.01. The molecule has 2 N–H and O–H groups in total. The third-order valence-electron chi connectivity index (χ3n) is 3.80. The maximum absolute atomic E-state index is 12.3. The number of hydrogen-bond acceptors (Lipinski definition) is 5. The van der Waals surface area contributed by atoms with Crippen molar-refractivity contribution in [2.45, 2.75) is 13.3 Å². The molecule has 1 aromatic carbocycles. The Hall–Kier alpha value is -2.61. The number of imide groups is 1. The first kappa shape index (κ1) is 18.7. The second-order valence-electron chi connectivity index (χ2n) is 5.74. The van der Waals surface area contributed by atoms with Crippen molar-refractivity contribution in [1.29, 1.82) is 0 Å². The van der Waals surface area contributed by atoms with Gasteiger partial charge in [0.2, 0.25) is 11.8 Å². The molecule has 1 fully saturated rings. The first-order chi connectivity index (χ1) is 12.0. The Morgan fingerprint density at radius 2 is 2.08 bits per heavy atom. The van der Waals surface area contributed by atoms with E-state index in [0.29, 0.717) is 31.1 Å². The molecule has 0 atom stereocenters. The smallest absolute Gasteiger partial charge is 0.324 e. The molecule has 0 radical (unpaired) electrons. The molecule has 2 rings (SSSR count). The maximum atomic E-state index is 12.3. The number of nitrogens with zero attached hydrogens (tertiary/aromatic N) is 2. The predicted molar refractivity (Wildman–Crippen MR) is 93.5 cm³/mol. The van der Waals surface area contributed by atoms with Gasteiger partial charge in [-0.15, -0.1) is 0 Å². The van der Waals surface area contributed by atoms with Crippen LogP contribution in [-0.2, 0) is 9.59 Å². The number of amides is 4. The van der Waals surface area contributed by atoms with Crippen molar-refractivity contribution >= 4 is 23.5 Å². The van der Waals surface area contributed by atoms with Gasteiger partial charge in [0, 0.05) is 13.1 Å². The summed E-state index contributed by atoms with van der Waals surface area (Å²) in [4.78, 5) is 39.1. The van der Waals surface area contributed by atoms with Crippen molar-refractivity contribution in [1.82, 2.24) is 15.1 Å². The molecule has 136 valence electrons. The van der Waals surface area contributed by atoms with Crippen LogP contribution in [0.15, 0.2) is 24.3 Å². The lowest BCUT2D eigenvalue weighted by Gasteiger charge is -2.23. The molecule has 0 aromatic heterocycles. The Morgan fingerprint density at radius 1 is 1.32 bits per heavy atom. The molecule has 8 heteroatoms. The minimum absolute atomic E-state index is 0.0284. The first-order valence-corrected chi connectivity index (χ1v) is 8.28. The summed E-state index contributed by atoms with van der Waals surface area (Å²) >= 11 is 0. The molecule has 1 aliphatic rings. The molecule has 4 amide bonds. The summed E-state index contributed by atoms with van der Waals surface area (Å²) in [5.74, 6) is 0.0351. The molecule has 8 nitrogen and oxygen atoms in total. The maximum Gasteiger partial charge on any atom is 0.324 e. The summed E-state index contributed by atoms with van der Waals surface area (Å²) in [7, 11) is 1.54. The minimum atomic E-state index is -0.375. The number of benzene rings is 1. The number of carbonyl (C=O) groups is 3. The highest BCUT2D eigenvalue weighted by Crippen LogP contribution is 2.22. The van der Waals surface area contributed by atoms with Gasteiger partial charge in [-0.25, -0.2) is 4.79 Å². The Morgan fingerprint density at radius 3 is 2.72 bits per heavy atom. The van der Waals surface area contributed by atoms with E-state index in [4.69, 9.17) is 4.74 Å². The largest absolute Gasteiger partial charge is 0.495 e. The topological polar surface area (TPSA) is 91.0 Å². The van der Waals surface area contributed by atoms with Crippen LogP contribution in [0.25, 0.3) is 0 Å². The second-order valence-corrected chi connectivity index (χ2v) is 5.74.